The largest absolute Gasteiger partial charge is 0.332 e. The Morgan fingerprint density at radius 1 is 1.47 bits per heavy atom. The maximum absolute atomic E-state index is 12.3. The minimum Gasteiger partial charge on any atom is -0.332 e. The zero-order valence-corrected chi connectivity index (χ0v) is 12.7. The molecule has 0 saturated heterocycles. The van der Waals surface area contributed by atoms with E-state index >= 15 is 0 Å². The van der Waals surface area contributed by atoms with Crippen molar-refractivity contribution in [2.24, 2.45) is 0 Å². The van der Waals surface area contributed by atoms with Crippen LogP contribution in [-0.4, -0.2) is 34.7 Å². The van der Waals surface area contributed by atoms with Crippen LogP contribution < -0.4 is 0 Å². The number of hydrogen-bond acceptors (Lipinski definition) is 5. The second-order valence-corrected chi connectivity index (χ2v) is 7.15. The number of H-pyrrole nitrogens is 1. The van der Waals surface area contributed by atoms with Gasteiger partial charge in [-0.1, -0.05) is 6.92 Å². The van der Waals surface area contributed by atoms with Crippen LogP contribution in [0.25, 0.3) is 0 Å². The van der Waals surface area contributed by atoms with E-state index in [9.17, 15) is 8.42 Å². The van der Waals surface area contributed by atoms with Gasteiger partial charge in [0, 0.05) is 24.5 Å². The Hall–Kier alpha value is -1.25. The molecule has 0 bridgehead atoms. The van der Waals surface area contributed by atoms with E-state index < -0.39 is 10.0 Å². The smallest absolute Gasteiger partial charge is 0.260 e. The third-order valence-corrected chi connectivity index (χ3v) is 5.32. The summed E-state index contributed by atoms with van der Waals surface area (Å²) in [6.45, 7) is 4.07. The highest BCUT2D eigenvalue weighted by Gasteiger charge is 2.23. The number of imidazole rings is 1. The normalized spacial score (nSPS) is 12.2. The summed E-state index contributed by atoms with van der Waals surface area (Å²) in [5, 5.41) is 2.81. The molecule has 0 radical (unpaired) electrons. The fourth-order valence-corrected chi connectivity index (χ4v) is 3.54. The molecule has 0 fully saturated rings. The van der Waals surface area contributed by atoms with E-state index in [4.69, 9.17) is 0 Å². The molecule has 104 valence electrons. The summed E-state index contributed by atoms with van der Waals surface area (Å²) < 4.78 is 25.9. The monoisotopic (exact) mass is 300 g/mol. The molecule has 19 heavy (non-hydrogen) atoms. The molecule has 0 aromatic carbocycles. The van der Waals surface area contributed by atoms with E-state index in [1.165, 1.54) is 21.8 Å². The Labute approximate surface area is 116 Å². The lowest BCUT2D eigenvalue weighted by molar-refractivity contribution is 0.463. The van der Waals surface area contributed by atoms with E-state index in [0.717, 1.165) is 10.7 Å². The summed E-state index contributed by atoms with van der Waals surface area (Å²) in [6.07, 6.45) is 2.03. The topological polar surface area (TPSA) is 79.0 Å². The van der Waals surface area contributed by atoms with Crippen molar-refractivity contribution in [3.63, 3.8) is 0 Å². The SMILES string of the molecule is CCc1ncc(S(=O)(=O)N(C)Cc2nc(C)cs2)[nH]1. The fraction of sp³-hybridized carbons (Fsp3) is 0.455. The van der Waals surface area contributed by atoms with Crippen molar-refractivity contribution in [2.75, 3.05) is 7.05 Å². The molecule has 6 nitrogen and oxygen atoms in total. The first-order valence-corrected chi connectivity index (χ1v) is 8.16. The van der Waals surface area contributed by atoms with E-state index in [2.05, 4.69) is 15.0 Å². The first kappa shape index (κ1) is 14.2. The van der Waals surface area contributed by atoms with Crippen LogP contribution in [0.2, 0.25) is 0 Å². The van der Waals surface area contributed by atoms with E-state index in [0.29, 0.717) is 12.2 Å². The van der Waals surface area contributed by atoms with Crippen LogP contribution in [0.1, 0.15) is 23.4 Å². The standard InChI is InChI=1S/C11H16N4O2S2/c1-4-9-12-5-11(14-9)19(16,17)15(3)6-10-13-8(2)7-18-10/h5,7H,4,6H2,1-3H3,(H,12,14). The number of sulfonamides is 1. The third-order valence-electron chi connectivity index (χ3n) is 2.65. The maximum Gasteiger partial charge on any atom is 0.260 e. The van der Waals surface area contributed by atoms with Crippen molar-refractivity contribution in [2.45, 2.75) is 31.8 Å². The molecule has 8 heteroatoms. The third kappa shape index (κ3) is 3.02. The Balaban J connectivity index is 2.19. The summed E-state index contributed by atoms with van der Waals surface area (Å²) in [7, 11) is -2.00. The molecule has 0 aliphatic rings. The number of hydrogen-bond donors (Lipinski definition) is 1. The number of aryl methyl sites for hydroxylation is 2. The van der Waals surface area contributed by atoms with Crippen LogP contribution in [-0.2, 0) is 23.0 Å². The average molecular weight is 300 g/mol. The zero-order chi connectivity index (χ0) is 14.0. The van der Waals surface area contributed by atoms with Crippen molar-refractivity contribution in [1.29, 1.82) is 0 Å². The van der Waals surface area contributed by atoms with Crippen molar-refractivity contribution in [3.05, 3.63) is 28.1 Å². The summed E-state index contributed by atoms with van der Waals surface area (Å²) in [5.41, 5.74) is 0.903. The Morgan fingerprint density at radius 2 is 2.21 bits per heavy atom. The van der Waals surface area contributed by atoms with Gasteiger partial charge < -0.3 is 4.98 Å². The Kier molecular flexibility index (Phi) is 4.02. The number of aromatic nitrogens is 3. The van der Waals surface area contributed by atoms with Crippen LogP contribution >= 0.6 is 11.3 Å². The number of rotatable bonds is 5. The van der Waals surface area contributed by atoms with Gasteiger partial charge in [0.1, 0.15) is 10.8 Å². The number of aromatic amines is 1. The minimum absolute atomic E-state index is 0.125. The van der Waals surface area contributed by atoms with Crippen molar-refractivity contribution in [1.82, 2.24) is 19.3 Å². The van der Waals surface area contributed by atoms with Gasteiger partial charge in [0.15, 0.2) is 5.03 Å². The predicted molar refractivity (Wildman–Crippen MR) is 73.5 cm³/mol. The Bertz CT molecular complexity index is 660. The average Bonchev–Trinajstić information content (AvgIpc) is 2.98. The fourth-order valence-electron chi connectivity index (χ4n) is 1.57. The van der Waals surface area contributed by atoms with E-state index in [-0.39, 0.29) is 11.6 Å². The molecule has 0 aliphatic carbocycles. The van der Waals surface area contributed by atoms with Crippen LogP contribution in [0.4, 0.5) is 0 Å². The molecule has 0 saturated carbocycles. The van der Waals surface area contributed by atoms with Crippen LogP contribution in [0.5, 0.6) is 0 Å². The summed E-state index contributed by atoms with van der Waals surface area (Å²) in [6, 6.07) is 0. The molecule has 0 amide bonds. The lowest BCUT2D eigenvalue weighted by Gasteiger charge is -2.14. The van der Waals surface area contributed by atoms with Crippen molar-refractivity contribution in [3.8, 4) is 0 Å². The summed E-state index contributed by atoms with van der Waals surface area (Å²) >= 11 is 1.46. The molecule has 2 aromatic rings. The molecular formula is C11H16N4O2S2. The van der Waals surface area contributed by atoms with Crippen LogP contribution in [0.15, 0.2) is 16.6 Å². The van der Waals surface area contributed by atoms with Gasteiger partial charge in [0.25, 0.3) is 10.0 Å². The lowest BCUT2D eigenvalue weighted by atomic mass is 10.5. The van der Waals surface area contributed by atoms with Gasteiger partial charge in [-0.05, 0) is 6.92 Å². The Morgan fingerprint density at radius 3 is 2.74 bits per heavy atom. The summed E-state index contributed by atoms with van der Waals surface area (Å²) in [5.74, 6) is 0.664. The van der Waals surface area contributed by atoms with Crippen LogP contribution in [0, 0.1) is 6.92 Å². The predicted octanol–water partition coefficient (Wildman–Crippen LogP) is 1.56. The second kappa shape index (κ2) is 5.40. The molecule has 2 rings (SSSR count). The quantitative estimate of drug-likeness (QED) is 0.909. The number of nitrogens with zero attached hydrogens (tertiary/aromatic N) is 3. The van der Waals surface area contributed by atoms with E-state index in [1.807, 2.05) is 19.2 Å². The molecular weight excluding hydrogens is 284 g/mol. The van der Waals surface area contributed by atoms with Crippen molar-refractivity contribution < 1.29 is 8.42 Å². The van der Waals surface area contributed by atoms with Gasteiger partial charge in [-0.15, -0.1) is 11.3 Å². The van der Waals surface area contributed by atoms with Gasteiger partial charge in [0.2, 0.25) is 0 Å². The number of nitrogens with one attached hydrogen (secondary N) is 1. The lowest BCUT2D eigenvalue weighted by Crippen LogP contribution is -2.26. The maximum atomic E-state index is 12.3. The van der Waals surface area contributed by atoms with Gasteiger partial charge in [-0.2, -0.15) is 4.31 Å². The molecule has 1 N–H and O–H groups in total. The zero-order valence-electron chi connectivity index (χ0n) is 11.0. The second-order valence-electron chi connectivity index (χ2n) is 4.19. The molecule has 0 atom stereocenters. The van der Waals surface area contributed by atoms with Crippen molar-refractivity contribution >= 4 is 21.4 Å². The highest BCUT2D eigenvalue weighted by Crippen LogP contribution is 2.17. The number of thiazole rings is 1. The van der Waals surface area contributed by atoms with Gasteiger partial charge in [-0.3, -0.25) is 0 Å². The molecule has 0 aliphatic heterocycles. The highest BCUT2D eigenvalue weighted by atomic mass is 32.2. The first-order valence-electron chi connectivity index (χ1n) is 5.84. The van der Waals surface area contributed by atoms with Crippen LogP contribution in [0.3, 0.4) is 0 Å². The van der Waals surface area contributed by atoms with E-state index in [1.54, 1.807) is 7.05 Å². The van der Waals surface area contributed by atoms with Gasteiger partial charge in [0.05, 0.1) is 12.7 Å². The molecule has 2 heterocycles. The molecule has 0 spiro atoms. The molecule has 2 aromatic heterocycles. The molecule has 0 unspecified atom stereocenters. The van der Waals surface area contributed by atoms with Gasteiger partial charge in [-0.25, -0.2) is 18.4 Å². The minimum atomic E-state index is -3.54. The van der Waals surface area contributed by atoms with Gasteiger partial charge >= 0.3 is 0 Å². The summed E-state index contributed by atoms with van der Waals surface area (Å²) in [4.78, 5) is 11.1. The first-order chi connectivity index (χ1) is 8.93. The highest BCUT2D eigenvalue weighted by molar-refractivity contribution is 7.89.